The van der Waals surface area contributed by atoms with Gasteiger partial charge in [-0.2, -0.15) is 0 Å². The number of benzene rings is 3. The van der Waals surface area contributed by atoms with Crippen molar-refractivity contribution in [2.24, 2.45) is 0 Å². The number of anilines is 1. The molecule has 0 bridgehead atoms. The molecule has 0 radical (unpaired) electrons. The van der Waals surface area contributed by atoms with Gasteiger partial charge in [0.1, 0.15) is 23.9 Å². The topological polar surface area (TPSA) is 55.3 Å². The molecule has 0 spiro atoms. The molecule has 2 aromatic heterocycles. The second-order valence-corrected chi connectivity index (χ2v) is 9.48. The van der Waals surface area contributed by atoms with Gasteiger partial charge in [0.2, 0.25) is 0 Å². The van der Waals surface area contributed by atoms with Crippen molar-refractivity contribution in [3.8, 4) is 16.2 Å². The predicted octanol–water partition coefficient (Wildman–Crippen LogP) is 6.94. The molecule has 0 aliphatic rings. The van der Waals surface area contributed by atoms with Crippen LogP contribution in [0.3, 0.4) is 0 Å². The number of hydrogen-bond donors (Lipinski definition) is 0. The molecule has 5 rings (SSSR count). The first kappa shape index (κ1) is 23.5. The molecule has 0 aliphatic heterocycles. The van der Waals surface area contributed by atoms with E-state index in [4.69, 9.17) is 4.74 Å². The SMILES string of the molecule is Cc1nc(C(=O)N(Cc2ccc(OCc3ccccc3)cc2)c2ccccn2)c(-c2ccccc2)s1. The van der Waals surface area contributed by atoms with Crippen LogP contribution in [0.1, 0.15) is 26.6 Å². The van der Waals surface area contributed by atoms with Crippen LogP contribution in [0, 0.1) is 6.92 Å². The lowest BCUT2D eigenvalue weighted by Gasteiger charge is -2.22. The molecule has 178 valence electrons. The van der Waals surface area contributed by atoms with Crippen LogP contribution in [-0.4, -0.2) is 15.9 Å². The highest BCUT2D eigenvalue weighted by Gasteiger charge is 2.25. The van der Waals surface area contributed by atoms with Gasteiger partial charge in [-0.05, 0) is 47.9 Å². The van der Waals surface area contributed by atoms with Crippen molar-refractivity contribution in [1.82, 2.24) is 9.97 Å². The zero-order chi connectivity index (χ0) is 24.7. The summed E-state index contributed by atoms with van der Waals surface area (Å²) in [4.78, 5) is 25.5. The van der Waals surface area contributed by atoms with Gasteiger partial charge in [-0.3, -0.25) is 9.69 Å². The van der Waals surface area contributed by atoms with Crippen molar-refractivity contribution < 1.29 is 9.53 Å². The lowest BCUT2D eigenvalue weighted by atomic mass is 10.1. The summed E-state index contributed by atoms with van der Waals surface area (Å²) in [6, 6.07) is 33.4. The predicted molar refractivity (Wildman–Crippen MR) is 144 cm³/mol. The lowest BCUT2D eigenvalue weighted by molar-refractivity contribution is 0.0980. The van der Waals surface area contributed by atoms with Gasteiger partial charge in [-0.15, -0.1) is 11.3 Å². The van der Waals surface area contributed by atoms with Gasteiger partial charge in [0.25, 0.3) is 5.91 Å². The van der Waals surface area contributed by atoms with Gasteiger partial charge in [-0.1, -0.05) is 78.9 Å². The summed E-state index contributed by atoms with van der Waals surface area (Å²) in [7, 11) is 0. The maximum atomic E-state index is 13.9. The van der Waals surface area contributed by atoms with E-state index >= 15 is 0 Å². The number of aryl methyl sites for hydroxylation is 1. The highest BCUT2D eigenvalue weighted by atomic mass is 32.1. The highest BCUT2D eigenvalue weighted by molar-refractivity contribution is 7.15. The van der Waals surface area contributed by atoms with E-state index in [1.165, 1.54) is 11.3 Å². The molecule has 2 heterocycles. The number of pyridine rings is 1. The number of rotatable bonds is 8. The normalized spacial score (nSPS) is 10.7. The number of carbonyl (C=O) groups is 1. The molecular weight excluding hydrogens is 466 g/mol. The Balaban J connectivity index is 1.39. The summed E-state index contributed by atoms with van der Waals surface area (Å²) in [6.07, 6.45) is 1.69. The van der Waals surface area contributed by atoms with Crippen molar-refractivity contribution in [2.75, 3.05) is 4.90 Å². The van der Waals surface area contributed by atoms with Crippen LogP contribution in [-0.2, 0) is 13.2 Å². The average molecular weight is 492 g/mol. The first-order valence-electron chi connectivity index (χ1n) is 11.7. The minimum absolute atomic E-state index is 0.179. The second kappa shape index (κ2) is 11.0. The number of thiazole rings is 1. The van der Waals surface area contributed by atoms with E-state index in [9.17, 15) is 4.79 Å². The van der Waals surface area contributed by atoms with Crippen molar-refractivity contribution in [3.05, 3.63) is 131 Å². The summed E-state index contributed by atoms with van der Waals surface area (Å²) in [6.45, 7) is 2.79. The minimum Gasteiger partial charge on any atom is -0.489 e. The van der Waals surface area contributed by atoms with Crippen molar-refractivity contribution >= 4 is 23.1 Å². The van der Waals surface area contributed by atoms with Crippen molar-refractivity contribution in [2.45, 2.75) is 20.1 Å². The number of ether oxygens (including phenoxy) is 1. The van der Waals surface area contributed by atoms with Crippen LogP contribution in [0.15, 0.2) is 109 Å². The second-order valence-electron chi connectivity index (χ2n) is 8.27. The Labute approximate surface area is 214 Å². The molecule has 0 atom stereocenters. The van der Waals surface area contributed by atoms with E-state index in [-0.39, 0.29) is 5.91 Å². The maximum Gasteiger partial charge on any atom is 0.279 e. The van der Waals surface area contributed by atoms with E-state index in [1.54, 1.807) is 11.1 Å². The third-order valence-electron chi connectivity index (χ3n) is 5.66. The summed E-state index contributed by atoms with van der Waals surface area (Å²) < 4.78 is 5.92. The summed E-state index contributed by atoms with van der Waals surface area (Å²) >= 11 is 1.52. The van der Waals surface area contributed by atoms with Crippen LogP contribution < -0.4 is 9.64 Å². The van der Waals surface area contributed by atoms with Crippen LogP contribution in [0.5, 0.6) is 5.75 Å². The number of hydrogen-bond acceptors (Lipinski definition) is 5. The first-order chi connectivity index (χ1) is 17.7. The largest absolute Gasteiger partial charge is 0.489 e. The van der Waals surface area contributed by atoms with Gasteiger partial charge in [0.05, 0.1) is 16.4 Å². The lowest BCUT2D eigenvalue weighted by Crippen LogP contribution is -2.31. The van der Waals surface area contributed by atoms with E-state index in [0.717, 1.165) is 32.3 Å². The average Bonchev–Trinajstić information content (AvgIpc) is 3.34. The van der Waals surface area contributed by atoms with E-state index in [1.807, 2.05) is 110 Å². The van der Waals surface area contributed by atoms with E-state index < -0.39 is 0 Å². The van der Waals surface area contributed by atoms with Crippen molar-refractivity contribution in [1.29, 1.82) is 0 Å². The molecule has 5 aromatic rings. The first-order valence-corrected chi connectivity index (χ1v) is 12.5. The Bertz CT molecular complexity index is 1420. The maximum absolute atomic E-state index is 13.9. The molecule has 0 N–H and O–H groups in total. The molecule has 0 fully saturated rings. The molecule has 6 heteroatoms. The van der Waals surface area contributed by atoms with E-state index in [2.05, 4.69) is 9.97 Å². The molecule has 0 saturated carbocycles. The zero-order valence-corrected chi connectivity index (χ0v) is 20.7. The Morgan fingerprint density at radius 1 is 0.833 bits per heavy atom. The van der Waals surface area contributed by atoms with Crippen LogP contribution >= 0.6 is 11.3 Å². The van der Waals surface area contributed by atoms with Gasteiger partial charge in [-0.25, -0.2) is 9.97 Å². The molecule has 5 nitrogen and oxygen atoms in total. The monoisotopic (exact) mass is 491 g/mol. The summed E-state index contributed by atoms with van der Waals surface area (Å²) in [5.41, 5.74) is 3.50. The molecule has 0 unspecified atom stereocenters. The zero-order valence-electron chi connectivity index (χ0n) is 19.9. The Hall–Kier alpha value is -4.29. The van der Waals surface area contributed by atoms with Gasteiger partial charge in [0.15, 0.2) is 0 Å². The number of carbonyl (C=O) groups excluding carboxylic acids is 1. The molecule has 3 aromatic carbocycles. The van der Waals surface area contributed by atoms with E-state index in [0.29, 0.717) is 24.7 Å². The fourth-order valence-corrected chi connectivity index (χ4v) is 4.79. The summed E-state index contributed by atoms with van der Waals surface area (Å²) in [5.74, 6) is 1.18. The Morgan fingerprint density at radius 2 is 1.53 bits per heavy atom. The minimum atomic E-state index is -0.179. The molecule has 36 heavy (non-hydrogen) atoms. The third kappa shape index (κ3) is 5.50. The number of nitrogens with zero attached hydrogens (tertiary/aromatic N) is 3. The highest BCUT2D eigenvalue weighted by Crippen LogP contribution is 2.32. The third-order valence-corrected chi connectivity index (χ3v) is 6.68. The molecule has 0 saturated heterocycles. The van der Waals surface area contributed by atoms with Gasteiger partial charge < -0.3 is 4.74 Å². The van der Waals surface area contributed by atoms with Crippen LogP contribution in [0.4, 0.5) is 5.82 Å². The smallest absolute Gasteiger partial charge is 0.279 e. The molecule has 1 amide bonds. The molecule has 0 aliphatic carbocycles. The Morgan fingerprint density at radius 3 is 2.22 bits per heavy atom. The number of amides is 1. The van der Waals surface area contributed by atoms with Crippen LogP contribution in [0.25, 0.3) is 10.4 Å². The fraction of sp³-hybridized carbons (Fsp3) is 0.100. The standard InChI is InChI=1S/C30H25N3O2S/c1-22-32-28(29(36-22)25-12-6-3-7-13-25)30(34)33(27-14-8-9-19-31-27)20-23-15-17-26(18-16-23)35-21-24-10-4-2-5-11-24/h2-19H,20-21H2,1H3. The number of aromatic nitrogens is 2. The van der Waals surface area contributed by atoms with Gasteiger partial charge >= 0.3 is 0 Å². The molecular formula is C30H25N3O2S. The van der Waals surface area contributed by atoms with Gasteiger partial charge in [0, 0.05) is 6.20 Å². The van der Waals surface area contributed by atoms with Crippen LogP contribution in [0.2, 0.25) is 0 Å². The quantitative estimate of drug-likeness (QED) is 0.236. The summed E-state index contributed by atoms with van der Waals surface area (Å²) in [5, 5.41) is 0.845. The Kier molecular flexibility index (Phi) is 7.15. The fourth-order valence-electron chi connectivity index (χ4n) is 3.87. The van der Waals surface area contributed by atoms with Crippen molar-refractivity contribution in [3.63, 3.8) is 0 Å².